The molecule has 1 saturated heterocycles. The Kier molecular flexibility index (Phi) is 5.50. The molecular formula is C21H25N7O. The highest BCUT2D eigenvalue weighted by atomic mass is 16.1. The van der Waals surface area contributed by atoms with Crippen LogP contribution in [0.4, 0.5) is 5.82 Å². The molecule has 29 heavy (non-hydrogen) atoms. The number of nitrogens with zero attached hydrogens (tertiary/aromatic N) is 6. The average Bonchev–Trinajstić information content (AvgIpc) is 3.24. The molecule has 1 aliphatic heterocycles. The van der Waals surface area contributed by atoms with Gasteiger partial charge in [0.2, 0.25) is 0 Å². The van der Waals surface area contributed by atoms with Gasteiger partial charge < -0.3 is 10.2 Å². The van der Waals surface area contributed by atoms with Gasteiger partial charge >= 0.3 is 0 Å². The number of nitrogens with one attached hydrogen (secondary N) is 1. The molecule has 3 aromatic rings. The van der Waals surface area contributed by atoms with Crippen molar-refractivity contribution in [3.63, 3.8) is 0 Å². The standard InChI is InChI=1S/C21H25N7O/c1-15-7-6-12-27(14-15)19-13-17(10-11-22-19)21(29)23-16(2)20-24-25-26-28(20)18-8-4-3-5-9-18/h3-5,8-11,13,15-16H,6-7,12,14H2,1-2H3,(H,23,29)/t15-,16-/m1/s1. The third kappa shape index (κ3) is 4.26. The molecule has 4 rings (SSSR count). The Morgan fingerprint density at radius 2 is 2.07 bits per heavy atom. The number of tetrazole rings is 1. The van der Waals surface area contributed by atoms with E-state index in [0.717, 1.165) is 31.0 Å². The summed E-state index contributed by atoms with van der Waals surface area (Å²) in [6, 6.07) is 12.9. The molecule has 0 unspecified atom stereocenters. The maximum Gasteiger partial charge on any atom is 0.252 e. The lowest BCUT2D eigenvalue weighted by Gasteiger charge is -2.32. The average molecular weight is 391 g/mol. The van der Waals surface area contributed by atoms with Gasteiger partial charge in [0.15, 0.2) is 5.82 Å². The minimum atomic E-state index is -0.357. The summed E-state index contributed by atoms with van der Waals surface area (Å²) in [5.41, 5.74) is 1.43. The second-order valence-electron chi connectivity index (χ2n) is 7.58. The second-order valence-corrected chi connectivity index (χ2v) is 7.58. The van der Waals surface area contributed by atoms with Gasteiger partial charge in [-0.1, -0.05) is 25.1 Å². The number of hydrogen-bond donors (Lipinski definition) is 1. The Bertz CT molecular complexity index is 972. The van der Waals surface area contributed by atoms with Crippen LogP contribution in [0.3, 0.4) is 0 Å². The quantitative estimate of drug-likeness (QED) is 0.719. The van der Waals surface area contributed by atoms with Crippen molar-refractivity contribution in [1.29, 1.82) is 0 Å². The number of amides is 1. The van der Waals surface area contributed by atoms with Crippen molar-refractivity contribution in [3.05, 3.63) is 60.0 Å². The van der Waals surface area contributed by atoms with Gasteiger partial charge in [0.25, 0.3) is 5.91 Å². The van der Waals surface area contributed by atoms with Crippen molar-refractivity contribution in [1.82, 2.24) is 30.5 Å². The van der Waals surface area contributed by atoms with Crippen LogP contribution >= 0.6 is 0 Å². The van der Waals surface area contributed by atoms with E-state index in [9.17, 15) is 4.79 Å². The first-order valence-corrected chi connectivity index (χ1v) is 9.97. The summed E-state index contributed by atoms with van der Waals surface area (Å²) in [4.78, 5) is 19.6. The van der Waals surface area contributed by atoms with Crippen molar-refractivity contribution in [2.45, 2.75) is 32.7 Å². The zero-order chi connectivity index (χ0) is 20.2. The maximum atomic E-state index is 12.9. The second kappa shape index (κ2) is 8.38. The van der Waals surface area contributed by atoms with Crippen LogP contribution in [0.1, 0.15) is 48.9 Å². The first-order valence-electron chi connectivity index (χ1n) is 9.97. The van der Waals surface area contributed by atoms with E-state index < -0.39 is 0 Å². The van der Waals surface area contributed by atoms with Crippen LogP contribution < -0.4 is 10.2 Å². The number of carbonyl (C=O) groups excluding carboxylic acids is 1. The number of aromatic nitrogens is 5. The minimum Gasteiger partial charge on any atom is -0.356 e. The van der Waals surface area contributed by atoms with Crippen LogP contribution in [0.15, 0.2) is 48.7 Å². The van der Waals surface area contributed by atoms with E-state index >= 15 is 0 Å². The third-order valence-electron chi connectivity index (χ3n) is 5.22. The van der Waals surface area contributed by atoms with Gasteiger partial charge in [-0.3, -0.25) is 4.79 Å². The summed E-state index contributed by atoms with van der Waals surface area (Å²) in [6.07, 6.45) is 4.09. The molecule has 2 atom stereocenters. The number of hydrogen-bond acceptors (Lipinski definition) is 6. The molecule has 0 aliphatic carbocycles. The largest absolute Gasteiger partial charge is 0.356 e. The Morgan fingerprint density at radius 3 is 2.86 bits per heavy atom. The molecule has 1 amide bonds. The lowest BCUT2D eigenvalue weighted by molar-refractivity contribution is 0.0937. The molecule has 0 bridgehead atoms. The topological polar surface area (TPSA) is 88.8 Å². The van der Waals surface area contributed by atoms with Gasteiger partial charge in [0, 0.05) is 24.8 Å². The highest BCUT2D eigenvalue weighted by Gasteiger charge is 2.21. The number of para-hydroxylation sites is 1. The summed E-state index contributed by atoms with van der Waals surface area (Å²) in [7, 11) is 0. The van der Waals surface area contributed by atoms with Gasteiger partial charge in [0.1, 0.15) is 5.82 Å². The number of carbonyl (C=O) groups is 1. The van der Waals surface area contributed by atoms with E-state index in [1.54, 1.807) is 16.9 Å². The zero-order valence-electron chi connectivity index (χ0n) is 16.7. The fourth-order valence-corrected chi connectivity index (χ4v) is 3.69. The molecule has 8 nitrogen and oxygen atoms in total. The molecule has 3 heterocycles. The highest BCUT2D eigenvalue weighted by Crippen LogP contribution is 2.22. The summed E-state index contributed by atoms with van der Waals surface area (Å²) in [5.74, 6) is 1.89. The summed E-state index contributed by atoms with van der Waals surface area (Å²) in [6.45, 7) is 6.07. The molecule has 1 N–H and O–H groups in total. The van der Waals surface area contributed by atoms with Crippen LogP contribution in [0.5, 0.6) is 0 Å². The minimum absolute atomic E-state index is 0.172. The lowest BCUT2D eigenvalue weighted by atomic mass is 10.0. The molecular weight excluding hydrogens is 366 g/mol. The molecule has 0 radical (unpaired) electrons. The van der Waals surface area contributed by atoms with Crippen LogP contribution in [0, 0.1) is 5.92 Å². The Morgan fingerprint density at radius 1 is 1.24 bits per heavy atom. The Hall–Kier alpha value is -3.29. The number of anilines is 1. The van der Waals surface area contributed by atoms with Crippen LogP contribution in [0.2, 0.25) is 0 Å². The monoisotopic (exact) mass is 391 g/mol. The molecule has 2 aromatic heterocycles. The molecule has 1 fully saturated rings. The number of benzene rings is 1. The first kappa shape index (κ1) is 19.0. The van der Waals surface area contributed by atoms with Gasteiger partial charge in [0.05, 0.1) is 11.7 Å². The molecule has 8 heteroatoms. The van der Waals surface area contributed by atoms with E-state index in [2.05, 4.69) is 37.6 Å². The molecule has 1 aromatic carbocycles. The number of rotatable bonds is 5. The van der Waals surface area contributed by atoms with Crippen LogP contribution in [-0.2, 0) is 0 Å². The van der Waals surface area contributed by atoms with Crippen molar-refractivity contribution in [2.75, 3.05) is 18.0 Å². The predicted octanol–water partition coefficient (Wildman–Crippen LogP) is 2.78. The summed E-state index contributed by atoms with van der Waals surface area (Å²) >= 11 is 0. The van der Waals surface area contributed by atoms with Gasteiger partial charge in [-0.05, 0) is 60.4 Å². The summed E-state index contributed by atoms with van der Waals surface area (Å²) < 4.78 is 1.64. The zero-order valence-corrected chi connectivity index (χ0v) is 16.7. The van der Waals surface area contributed by atoms with E-state index in [1.807, 2.05) is 43.3 Å². The number of pyridine rings is 1. The highest BCUT2D eigenvalue weighted by molar-refractivity contribution is 5.95. The van der Waals surface area contributed by atoms with Crippen molar-refractivity contribution >= 4 is 11.7 Å². The SMILES string of the molecule is C[C@@H]1CCCN(c2cc(C(=O)N[C@H](C)c3nnnn3-c3ccccc3)ccn2)C1. The van der Waals surface area contributed by atoms with Crippen molar-refractivity contribution in [3.8, 4) is 5.69 Å². The lowest BCUT2D eigenvalue weighted by Crippen LogP contribution is -2.35. The van der Waals surface area contributed by atoms with Gasteiger partial charge in [-0.2, -0.15) is 4.68 Å². The fourth-order valence-electron chi connectivity index (χ4n) is 3.69. The Labute approximate surface area is 169 Å². The van der Waals surface area contributed by atoms with E-state index in [1.165, 1.54) is 6.42 Å². The third-order valence-corrected chi connectivity index (χ3v) is 5.22. The first-order chi connectivity index (χ1) is 14.1. The van der Waals surface area contributed by atoms with Crippen LogP contribution in [0.25, 0.3) is 5.69 Å². The van der Waals surface area contributed by atoms with E-state index in [-0.39, 0.29) is 11.9 Å². The normalized spacial score (nSPS) is 17.7. The van der Waals surface area contributed by atoms with E-state index in [0.29, 0.717) is 17.3 Å². The van der Waals surface area contributed by atoms with E-state index in [4.69, 9.17) is 0 Å². The predicted molar refractivity (Wildman–Crippen MR) is 110 cm³/mol. The van der Waals surface area contributed by atoms with Crippen molar-refractivity contribution < 1.29 is 4.79 Å². The molecule has 1 aliphatic rings. The Balaban J connectivity index is 1.49. The molecule has 150 valence electrons. The maximum absolute atomic E-state index is 12.9. The van der Waals surface area contributed by atoms with Gasteiger partial charge in [-0.15, -0.1) is 5.10 Å². The van der Waals surface area contributed by atoms with Gasteiger partial charge in [-0.25, -0.2) is 4.98 Å². The molecule has 0 spiro atoms. The molecule has 0 saturated carbocycles. The van der Waals surface area contributed by atoms with Crippen molar-refractivity contribution in [2.24, 2.45) is 5.92 Å². The van der Waals surface area contributed by atoms with Crippen LogP contribution in [-0.4, -0.2) is 44.2 Å². The smallest absolute Gasteiger partial charge is 0.252 e. The number of piperidine rings is 1. The summed E-state index contributed by atoms with van der Waals surface area (Å²) in [5, 5.41) is 14.9. The fraction of sp³-hybridized carbons (Fsp3) is 0.381.